The molecule has 0 aliphatic rings. The van der Waals surface area contributed by atoms with E-state index in [1.54, 1.807) is 0 Å². The number of terminal acetylenes is 1. The molecule has 2 N–H and O–H groups in total. The van der Waals surface area contributed by atoms with Crippen molar-refractivity contribution in [2.45, 2.75) is 33.2 Å². The third kappa shape index (κ3) is 11.1. The van der Waals surface area contributed by atoms with Crippen LogP contribution in [0.15, 0.2) is 4.99 Å². The maximum Gasteiger partial charge on any atom is 0.192 e. The van der Waals surface area contributed by atoms with Crippen LogP contribution in [0.3, 0.4) is 0 Å². The second kappa shape index (κ2) is 12.5. The summed E-state index contributed by atoms with van der Waals surface area (Å²) in [4.78, 5) is 6.81. The molecule has 0 heterocycles. The van der Waals surface area contributed by atoms with Crippen molar-refractivity contribution in [2.24, 2.45) is 10.9 Å². The molecule has 0 saturated heterocycles. The Balaban J connectivity index is 0. The monoisotopic (exact) mass is 380 g/mol. The normalized spacial score (nSPS) is 12.8. The number of hydrogen-bond donors (Lipinski definition) is 2. The third-order valence-corrected chi connectivity index (χ3v) is 2.64. The van der Waals surface area contributed by atoms with E-state index in [9.17, 15) is 0 Å². The van der Waals surface area contributed by atoms with Crippen molar-refractivity contribution in [3.8, 4) is 12.3 Å². The summed E-state index contributed by atoms with van der Waals surface area (Å²) in [5, 5.41) is 6.29. The van der Waals surface area contributed by atoms with Gasteiger partial charge in [-0.3, -0.25) is 4.99 Å². The topological polar surface area (TPSA) is 39.7 Å². The lowest BCUT2D eigenvalue weighted by molar-refractivity contribution is 0.261. The molecule has 1 atom stereocenters. The molecule has 19 heavy (non-hydrogen) atoms. The lowest BCUT2D eigenvalue weighted by Gasteiger charge is -2.24. The fourth-order valence-electron chi connectivity index (χ4n) is 1.67. The first-order chi connectivity index (χ1) is 8.51. The van der Waals surface area contributed by atoms with E-state index in [1.165, 1.54) is 0 Å². The molecule has 0 saturated carbocycles. The van der Waals surface area contributed by atoms with E-state index >= 15 is 0 Å². The van der Waals surface area contributed by atoms with Gasteiger partial charge in [0.1, 0.15) is 0 Å². The van der Waals surface area contributed by atoms with Crippen LogP contribution in [0.1, 0.15) is 27.2 Å². The quantitative estimate of drug-likeness (QED) is 0.306. The van der Waals surface area contributed by atoms with Crippen molar-refractivity contribution in [3.63, 3.8) is 0 Å². The Morgan fingerprint density at radius 2 is 1.95 bits per heavy atom. The molecule has 0 aliphatic carbocycles. The Morgan fingerprint density at radius 3 is 2.37 bits per heavy atom. The predicted octanol–water partition coefficient (Wildman–Crippen LogP) is 1.77. The zero-order valence-electron chi connectivity index (χ0n) is 12.9. The zero-order valence-corrected chi connectivity index (χ0v) is 15.2. The van der Waals surface area contributed by atoms with Crippen molar-refractivity contribution < 1.29 is 0 Å². The molecular formula is C14H29IN4. The molecule has 112 valence electrons. The summed E-state index contributed by atoms with van der Waals surface area (Å²) in [6, 6.07) is 0.464. The van der Waals surface area contributed by atoms with E-state index in [1.807, 2.05) is 6.92 Å². The highest BCUT2D eigenvalue weighted by atomic mass is 127. The minimum Gasteiger partial charge on any atom is -0.357 e. The predicted molar refractivity (Wildman–Crippen MR) is 95.2 cm³/mol. The minimum absolute atomic E-state index is 0. The Hall–Kier alpha value is -0.480. The van der Waals surface area contributed by atoms with Gasteiger partial charge < -0.3 is 15.5 Å². The standard InChI is InChI=1S/C14H28N4.HI/c1-7-9-16-14(15-8-2)17-11-13(18(5)6)10-12(3)4;/h1,12-13H,8-11H2,2-6H3,(H2,15,16,17);1H. The second-order valence-corrected chi connectivity index (χ2v) is 5.02. The molecule has 0 fully saturated rings. The van der Waals surface area contributed by atoms with Gasteiger partial charge in [0, 0.05) is 12.6 Å². The Morgan fingerprint density at radius 1 is 1.32 bits per heavy atom. The van der Waals surface area contributed by atoms with Crippen molar-refractivity contribution >= 4 is 29.9 Å². The highest BCUT2D eigenvalue weighted by molar-refractivity contribution is 14.0. The molecule has 0 bridgehead atoms. The molecule has 4 nitrogen and oxygen atoms in total. The summed E-state index contributed by atoms with van der Waals surface area (Å²) in [5.41, 5.74) is 0. The zero-order chi connectivity index (χ0) is 14.0. The van der Waals surface area contributed by atoms with E-state index in [-0.39, 0.29) is 24.0 Å². The van der Waals surface area contributed by atoms with Crippen molar-refractivity contribution in [1.29, 1.82) is 0 Å². The molecule has 1 unspecified atom stereocenters. The first-order valence-electron chi connectivity index (χ1n) is 6.63. The van der Waals surface area contributed by atoms with E-state index < -0.39 is 0 Å². The number of nitrogens with one attached hydrogen (secondary N) is 2. The largest absolute Gasteiger partial charge is 0.357 e. The molecule has 0 spiro atoms. The summed E-state index contributed by atoms with van der Waals surface area (Å²) in [6.45, 7) is 8.65. The van der Waals surface area contributed by atoms with Crippen LogP contribution in [-0.2, 0) is 0 Å². The van der Waals surface area contributed by atoms with Gasteiger partial charge in [0.25, 0.3) is 0 Å². The molecule has 0 rings (SSSR count). The number of guanidine groups is 1. The average Bonchev–Trinajstić information content (AvgIpc) is 2.30. The Bertz CT molecular complexity index is 282. The number of aliphatic imine (C=N–C) groups is 1. The number of hydrogen-bond acceptors (Lipinski definition) is 2. The van der Waals surface area contributed by atoms with Crippen molar-refractivity contribution in [2.75, 3.05) is 33.7 Å². The SMILES string of the molecule is C#CCNC(=NCC(CC(C)C)N(C)C)NCC.I. The van der Waals surface area contributed by atoms with Gasteiger partial charge in [0.05, 0.1) is 13.1 Å². The molecule has 0 amide bonds. The van der Waals surface area contributed by atoms with E-state index in [0.29, 0.717) is 18.5 Å². The van der Waals surface area contributed by atoms with Crippen LogP contribution in [-0.4, -0.2) is 50.6 Å². The van der Waals surface area contributed by atoms with E-state index in [0.717, 1.165) is 25.5 Å². The fraction of sp³-hybridized carbons (Fsp3) is 0.786. The molecule has 0 aromatic rings. The maximum atomic E-state index is 5.24. The molecule has 0 radical (unpaired) electrons. The average molecular weight is 380 g/mol. The van der Waals surface area contributed by atoms with Crippen molar-refractivity contribution in [1.82, 2.24) is 15.5 Å². The van der Waals surface area contributed by atoms with Gasteiger partial charge in [-0.2, -0.15) is 0 Å². The van der Waals surface area contributed by atoms with Crippen LogP contribution in [0.5, 0.6) is 0 Å². The van der Waals surface area contributed by atoms with Crippen LogP contribution in [0.25, 0.3) is 0 Å². The van der Waals surface area contributed by atoms with Gasteiger partial charge in [-0.15, -0.1) is 30.4 Å². The fourth-order valence-corrected chi connectivity index (χ4v) is 1.67. The maximum absolute atomic E-state index is 5.24. The van der Waals surface area contributed by atoms with Gasteiger partial charge in [-0.25, -0.2) is 0 Å². The highest BCUT2D eigenvalue weighted by Crippen LogP contribution is 2.09. The highest BCUT2D eigenvalue weighted by Gasteiger charge is 2.12. The first kappa shape index (κ1) is 20.8. The lowest BCUT2D eigenvalue weighted by Crippen LogP contribution is -2.39. The number of nitrogens with zero attached hydrogens (tertiary/aromatic N) is 2. The van der Waals surface area contributed by atoms with Crippen LogP contribution < -0.4 is 10.6 Å². The molecule has 0 aliphatic heterocycles. The second-order valence-electron chi connectivity index (χ2n) is 5.02. The van der Waals surface area contributed by atoms with Crippen LogP contribution in [0.2, 0.25) is 0 Å². The minimum atomic E-state index is 0. The van der Waals surface area contributed by atoms with E-state index in [2.05, 4.69) is 54.4 Å². The molecule has 0 aromatic heterocycles. The van der Waals surface area contributed by atoms with Crippen LogP contribution in [0.4, 0.5) is 0 Å². The lowest BCUT2D eigenvalue weighted by atomic mass is 10.0. The van der Waals surface area contributed by atoms with Gasteiger partial charge in [0.15, 0.2) is 5.96 Å². The van der Waals surface area contributed by atoms with Gasteiger partial charge in [-0.05, 0) is 33.4 Å². The Kier molecular flexibility index (Phi) is 13.8. The number of likely N-dealkylation sites (N-methyl/N-ethyl adjacent to an activating group) is 1. The Labute approximate surface area is 135 Å². The van der Waals surface area contributed by atoms with Gasteiger partial charge in [0.2, 0.25) is 0 Å². The number of rotatable bonds is 7. The summed E-state index contributed by atoms with van der Waals surface area (Å²) in [5.74, 6) is 4.03. The van der Waals surface area contributed by atoms with E-state index in [4.69, 9.17) is 6.42 Å². The van der Waals surface area contributed by atoms with Crippen LogP contribution >= 0.6 is 24.0 Å². The summed E-state index contributed by atoms with van der Waals surface area (Å²) in [7, 11) is 4.20. The third-order valence-electron chi connectivity index (χ3n) is 2.64. The number of halogens is 1. The first-order valence-corrected chi connectivity index (χ1v) is 6.63. The molecule has 5 heteroatoms. The van der Waals surface area contributed by atoms with Crippen LogP contribution in [0, 0.1) is 18.3 Å². The smallest absolute Gasteiger partial charge is 0.192 e. The summed E-state index contributed by atoms with van der Waals surface area (Å²) in [6.07, 6.45) is 6.38. The summed E-state index contributed by atoms with van der Waals surface area (Å²) < 4.78 is 0. The van der Waals surface area contributed by atoms with Gasteiger partial charge >= 0.3 is 0 Å². The molecular weight excluding hydrogens is 351 g/mol. The van der Waals surface area contributed by atoms with Crippen molar-refractivity contribution in [3.05, 3.63) is 0 Å². The molecule has 0 aromatic carbocycles. The summed E-state index contributed by atoms with van der Waals surface area (Å²) >= 11 is 0. The van der Waals surface area contributed by atoms with Gasteiger partial charge in [-0.1, -0.05) is 19.8 Å².